The molecule has 0 aliphatic heterocycles. The molecule has 0 fully saturated rings. The maximum absolute atomic E-state index is 9.76. The Morgan fingerprint density at radius 1 is 1.64 bits per heavy atom. The molecule has 7 heteroatoms. The van der Waals surface area contributed by atoms with E-state index < -0.39 is 5.44 Å². The number of hydrogen-bond donors (Lipinski definition) is 1. The van der Waals surface area contributed by atoms with Crippen LogP contribution < -0.4 is 0 Å². The molecule has 0 aliphatic rings. The lowest BCUT2D eigenvalue weighted by Gasteiger charge is -2.07. The van der Waals surface area contributed by atoms with Gasteiger partial charge in [-0.05, 0) is 22.2 Å². The van der Waals surface area contributed by atoms with Crippen LogP contribution in [-0.4, -0.2) is 36.1 Å². The minimum Gasteiger partial charge on any atom is -0.378 e. The summed E-state index contributed by atoms with van der Waals surface area (Å²) >= 11 is 1.42. The zero-order valence-electron chi connectivity index (χ0n) is 7.53. The maximum Gasteiger partial charge on any atom is 0.206 e. The van der Waals surface area contributed by atoms with E-state index in [-0.39, 0.29) is 0 Å². The maximum atomic E-state index is 9.76. The van der Waals surface area contributed by atoms with Crippen LogP contribution in [0.4, 0.5) is 0 Å². The summed E-state index contributed by atoms with van der Waals surface area (Å²) < 4.78 is 1.30. The molecule has 0 amide bonds. The van der Waals surface area contributed by atoms with Gasteiger partial charge in [0.25, 0.3) is 0 Å². The molecule has 14 heavy (non-hydrogen) atoms. The molecule has 2 aromatic rings. The highest BCUT2D eigenvalue weighted by atomic mass is 32.2. The minimum absolute atomic E-state index is 0.501. The largest absolute Gasteiger partial charge is 0.378 e. The summed E-state index contributed by atoms with van der Waals surface area (Å²) in [5.74, 6) is 0.831. The van der Waals surface area contributed by atoms with E-state index in [2.05, 4.69) is 20.6 Å². The highest BCUT2D eigenvalue weighted by Gasteiger charge is 2.13. The zero-order valence-corrected chi connectivity index (χ0v) is 8.35. The Hall–Kier alpha value is -1.21. The van der Waals surface area contributed by atoms with Gasteiger partial charge in [-0.15, -0.1) is 21.5 Å². The van der Waals surface area contributed by atoms with E-state index >= 15 is 0 Å². The molecular formula is C7H9N5OS. The fraction of sp³-hybridized carbons (Fsp3) is 0.429. The van der Waals surface area contributed by atoms with Crippen molar-refractivity contribution in [2.75, 3.05) is 5.75 Å². The Bertz CT molecular complexity index is 431. The summed E-state index contributed by atoms with van der Waals surface area (Å²) in [6.45, 7) is 1.98. The first kappa shape index (κ1) is 9.35. The van der Waals surface area contributed by atoms with E-state index in [9.17, 15) is 5.11 Å². The van der Waals surface area contributed by atoms with E-state index in [1.54, 1.807) is 12.3 Å². The van der Waals surface area contributed by atoms with Crippen molar-refractivity contribution in [3.05, 3.63) is 17.8 Å². The molecular weight excluding hydrogens is 202 g/mol. The Kier molecular flexibility index (Phi) is 2.60. The molecule has 2 heterocycles. The van der Waals surface area contributed by atoms with Gasteiger partial charge >= 0.3 is 0 Å². The topological polar surface area (TPSA) is 76.2 Å². The molecule has 0 spiro atoms. The standard InChI is InChI=1S/C7H9N5OS/c1-2-14-7(13)5-3-4-8-12-6(5)9-10-11-12/h3-4,7,13H,2H2,1H3. The second kappa shape index (κ2) is 3.89. The van der Waals surface area contributed by atoms with Gasteiger partial charge < -0.3 is 5.11 Å². The van der Waals surface area contributed by atoms with E-state index in [1.807, 2.05) is 6.92 Å². The first-order valence-electron chi connectivity index (χ1n) is 4.16. The summed E-state index contributed by atoms with van der Waals surface area (Å²) in [4.78, 5) is 0. The van der Waals surface area contributed by atoms with Crippen LogP contribution in [0.2, 0.25) is 0 Å². The van der Waals surface area contributed by atoms with Crippen molar-refractivity contribution in [3.63, 3.8) is 0 Å². The van der Waals surface area contributed by atoms with E-state index in [0.29, 0.717) is 11.2 Å². The monoisotopic (exact) mass is 211 g/mol. The van der Waals surface area contributed by atoms with Gasteiger partial charge in [0.1, 0.15) is 5.44 Å². The molecule has 1 atom stereocenters. The molecule has 74 valence electrons. The number of aliphatic hydroxyl groups excluding tert-OH is 1. The molecule has 2 aromatic heterocycles. The molecule has 0 aromatic carbocycles. The number of hydrogen-bond acceptors (Lipinski definition) is 6. The van der Waals surface area contributed by atoms with Crippen LogP contribution in [0, 0.1) is 0 Å². The third-order valence-corrected chi connectivity index (χ3v) is 2.64. The number of nitrogens with zero attached hydrogens (tertiary/aromatic N) is 5. The highest BCUT2D eigenvalue weighted by molar-refractivity contribution is 7.99. The number of thioether (sulfide) groups is 1. The van der Waals surface area contributed by atoms with Crippen molar-refractivity contribution < 1.29 is 5.11 Å². The minimum atomic E-state index is -0.600. The smallest absolute Gasteiger partial charge is 0.206 e. The van der Waals surface area contributed by atoms with Crippen LogP contribution in [-0.2, 0) is 0 Å². The van der Waals surface area contributed by atoms with Crippen LogP contribution in [0.15, 0.2) is 12.3 Å². The van der Waals surface area contributed by atoms with Crippen LogP contribution in [0.5, 0.6) is 0 Å². The van der Waals surface area contributed by atoms with Gasteiger partial charge in [-0.3, -0.25) is 0 Å². The van der Waals surface area contributed by atoms with Crippen molar-refractivity contribution in [3.8, 4) is 0 Å². The van der Waals surface area contributed by atoms with Gasteiger partial charge in [0.2, 0.25) is 5.65 Å². The predicted octanol–water partition coefficient (Wildman–Crippen LogP) is 0.263. The van der Waals surface area contributed by atoms with Crippen molar-refractivity contribution in [2.24, 2.45) is 0 Å². The molecule has 1 N–H and O–H groups in total. The Balaban J connectivity index is 2.45. The average molecular weight is 211 g/mol. The van der Waals surface area contributed by atoms with Gasteiger partial charge in [0, 0.05) is 5.56 Å². The zero-order chi connectivity index (χ0) is 9.97. The third kappa shape index (κ3) is 1.55. The fourth-order valence-corrected chi connectivity index (χ4v) is 1.80. The first-order chi connectivity index (χ1) is 6.83. The van der Waals surface area contributed by atoms with Crippen molar-refractivity contribution >= 4 is 17.4 Å². The molecule has 0 saturated carbocycles. The number of fused-ring (bicyclic) bond motifs is 1. The van der Waals surface area contributed by atoms with Crippen LogP contribution in [0.25, 0.3) is 5.65 Å². The number of aromatic nitrogens is 5. The molecule has 0 bridgehead atoms. The van der Waals surface area contributed by atoms with Gasteiger partial charge in [0.05, 0.1) is 6.20 Å². The summed E-state index contributed by atoms with van der Waals surface area (Å²) in [5, 5.41) is 24.6. The second-order valence-corrected chi connectivity index (χ2v) is 3.94. The van der Waals surface area contributed by atoms with Crippen LogP contribution >= 0.6 is 11.8 Å². The van der Waals surface area contributed by atoms with E-state index in [1.165, 1.54) is 16.4 Å². The van der Waals surface area contributed by atoms with Crippen LogP contribution in [0.1, 0.15) is 17.9 Å². The van der Waals surface area contributed by atoms with E-state index in [0.717, 1.165) is 5.75 Å². The first-order valence-corrected chi connectivity index (χ1v) is 5.20. The van der Waals surface area contributed by atoms with E-state index in [4.69, 9.17) is 0 Å². The Morgan fingerprint density at radius 2 is 2.50 bits per heavy atom. The molecule has 6 nitrogen and oxygen atoms in total. The SMILES string of the molecule is CCSC(O)c1ccnn2nnnc12. The fourth-order valence-electron chi connectivity index (χ4n) is 1.13. The lowest BCUT2D eigenvalue weighted by atomic mass is 10.3. The summed E-state index contributed by atoms with van der Waals surface area (Å²) in [6.07, 6.45) is 1.57. The Labute approximate surface area is 84.3 Å². The summed E-state index contributed by atoms with van der Waals surface area (Å²) in [6, 6.07) is 1.72. The van der Waals surface area contributed by atoms with Gasteiger partial charge in [0.15, 0.2) is 0 Å². The van der Waals surface area contributed by atoms with Gasteiger partial charge in [-0.1, -0.05) is 6.92 Å². The van der Waals surface area contributed by atoms with Crippen molar-refractivity contribution in [1.29, 1.82) is 0 Å². The molecule has 2 rings (SSSR count). The normalized spacial score (nSPS) is 13.3. The predicted molar refractivity (Wildman–Crippen MR) is 51.7 cm³/mol. The molecule has 0 aliphatic carbocycles. The van der Waals surface area contributed by atoms with Crippen LogP contribution in [0.3, 0.4) is 0 Å². The number of tetrazole rings is 1. The quantitative estimate of drug-likeness (QED) is 0.734. The highest BCUT2D eigenvalue weighted by Crippen LogP contribution is 2.26. The number of aliphatic hydroxyl groups is 1. The van der Waals surface area contributed by atoms with Gasteiger partial charge in [-0.2, -0.15) is 5.10 Å². The molecule has 0 saturated heterocycles. The average Bonchev–Trinajstić information content (AvgIpc) is 2.65. The van der Waals surface area contributed by atoms with Crippen molar-refractivity contribution in [2.45, 2.75) is 12.4 Å². The lowest BCUT2D eigenvalue weighted by Crippen LogP contribution is -2.01. The number of rotatable bonds is 3. The third-order valence-electron chi connectivity index (χ3n) is 1.73. The second-order valence-electron chi connectivity index (χ2n) is 2.59. The lowest BCUT2D eigenvalue weighted by molar-refractivity contribution is 0.270. The summed E-state index contributed by atoms with van der Waals surface area (Å²) in [7, 11) is 0. The molecule has 1 unspecified atom stereocenters. The van der Waals surface area contributed by atoms with Crippen molar-refractivity contribution in [1.82, 2.24) is 25.3 Å². The molecule has 0 radical (unpaired) electrons. The van der Waals surface area contributed by atoms with Gasteiger partial charge in [-0.25, -0.2) is 0 Å². The summed E-state index contributed by atoms with van der Waals surface area (Å²) in [5.41, 5.74) is 0.592. The Morgan fingerprint density at radius 3 is 3.29 bits per heavy atom.